The number of benzene rings is 3. The molecule has 4 rings (SSSR count). The predicted octanol–water partition coefficient (Wildman–Crippen LogP) is 5.63. The molecule has 240 valence electrons. The Labute approximate surface area is 268 Å². The van der Waals surface area contributed by atoms with Crippen molar-refractivity contribution in [3.63, 3.8) is 0 Å². The summed E-state index contributed by atoms with van der Waals surface area (Å²) in [5, 5.41) is 14.9. The van der Waals surface area contributed by atoms with Gasteiger partial charge < -0.3 is 15.0 Å². The Morgan fingerprint density at radius 1 is 1.07 bits per heavy atom. The first-order valence-electron chi connectivity index (χ1n) is 14.7. The first-order chi connectivity index (χ1) is 21.4. The molecule has 0 saturated heterocycles. The first kappa shape index (κ1) is 33.7. The van der Waals surface area contributed by atoms with E-state index in [4.69, 9.17) is 16.3 Å². The molecule has 1 unspecified atom stereocenters. The molecule has 3 aromatic carbocycles. The van der Waals surface area contributed by atoms with Gasteiger partial charge in [0.15, 0.2) is 0 Å². The molecule has 13 heteroatoms. The second-order valence-electron chi connectivity index (χ2n) is 11.1. The van der Waals surface area contributed by atoms with Crippen LogP contribution in [0.5, 0.6) is 5.75 Å². The van der Waals surface area contributed by atoms with E-state index >= 15 is 0 Å². The van der Waals surface area contributed by atoms with Gasteiger partial charge in [0.25, 0.3) is 15.7 Å². The molecule has 0 radical (unpaired) electrons. The quantitative estimate of drug-likeness (QED) is 0.197. The lowest BCUT2D eigenvalue weighted by Gasteiger charge is -2.33. The first-order valence-corrected chi connectivity index (χ1v) is 16.5. The van der Waals surface area contributed by atoms with Crippen molar-refractivity contribution >= 4 is 44.8 Å². The fraction of sp³-hybridized carbons (Fsp3) is 0.375. The lowest BCUT2D eigenvalue weighted by Crippen LogP contribution is -2.53. The number of anilines is 1. The number of sulfonamides is 1. The minimum atomic E-state index is -4.60. The van der Waals surface area contributed by atoms with E-state index < -0.39 is 38.3 Å². The van der Waals surface area contributed by atoms with Crippen LogP contribution in [0.25, 0.3) is 0 Å². The third kappa shape index (κ3) is 8.12. The number of carbonyl (C=O) groups is 2. The SMILES string of the molecule is COc1ccc(Cl)cc1N(CC(=O)N(Cc1ccccc1)C(C)C(=O)NC1CCCCC1)S(=O)(=O)c1ccc(C)c([N+](=O)[O-])c1. The Hall–Kier alpha value is -4.16. The number of hydrogen-bond acceptors (Lipinski definition) is 7. The van der Waals surface area contributed by atoms with Gasteiger partial charge in [-0.15, -0.1) is 0 Å². The number of rotatable bonds is 12. The van der Waals surface area contributed by atoms with Gasteiger partial charge in [0.05, 0.1) is 22.6 Å². The number of nitro benzene ring substituents is 1. The van der Waals surface area contributed by atoms with Crippen molar-refractivity contribution in [1.29, 1.82) is 0 Å². The number of nitrogens with zero attached hydrogens (tertiary/aromatic N) is 3. The van der Waals surface area contributed by atoms with E-state index in [9.17, 15) is 28.1 Å². The zero-order valence-electron chi connectivity index (χ0n) is 25.4. The molecular weight excluding hydrogens is 620 g/mol. The molecule has 1 saturated carbocycles. The number of halogens is 1. The molecule has 1 N–H and O–H groups in total. The molecule has 1 atom stereocenters. The minimum Gasteiger partial charge on any atom is -0.495 e. The van der Waals surface area contributed by atoms with E-state index in [0.717, 1.165) is 48.0 Å². The highest BCUT2D eigenvalue weighted by Crippen LogP contribution is 2.36. The van der Waals surface area contributed by atoms with Crippen LogP contribution in [0, 0.1) is 17.0 Å². The molecule has 11 nitrogen and oxygen atoms in total. The number of ether oxygens (including phenoxy) is 1. The molecule has 2 amide bonds. The third-order valence-electron chi connectivity index (χ3n) is 7.97. The van der Waals surface area contributed by atoms with Crippen molar-refractivity contribution in [3.05, 3.63) is 93.0 Å². The molecule has 0 spiro atoms. The highest BCUT2D eigenvalue weighted by Gasteiger charge is 2.35. The number of aryl methyl sites for hydroxylation is 1. The van der Waals surface area contributed by atoms with Crippen LogP contribution in [-0.4, -0.2) is 55.8 Å². The summed E-state index contributed by atoms with van der Waals surface area (Å²) in [6.45, 7) is 2.41. The summed E-state index contributed by atoms with van der Waals surface area (Å²) in [5.41, 5.74) is 0.584. The number of methoxy groups -OCH3 is 1. The molecule has 3 aromatic rings. The van der Waals surface area contributed by atoms with E-state index in [-0.39, 0.29) is 46.2 Å². The number of hydrogen-bond donors (Lipinski definition) is 1. The monoisotopic (exact) mass is 656 g/mol. The fourth-order valence-corrected chi connectivity index (χ4v) is 6.98. The van der Waals surface area contributed by atoms with Crippen molar-refractivity contribution < 1.29 is 27.7 Å². The third-order valence-corrected chi connectivity index (χ3v) is 9.96. The number of carbonyl (C=O) groups excluding carboxylic acids is 2. The highest BCUT2D eigenvalue weighted by molar-refractivity contribution is 7.92. The van der Waals surface area contributed by atoms with Crippen molar-refractivity contribution in [1.82, 2.24) is 10.2 Å². The van der Waals surface area contributed by atoms with Gasteiger partial charge in [0, 0.05) is 29.2 Å². The van der Waals surface area contributed by atoms with Crippen LogP contribution in [0.1, 0.15) is 50.2 Å². The lowest BCUT2D eigenvalue weighted by atomic mass is 9.95. The summed E-state index contributed by atoms with van der Waals surface area (Å²) < 4.78 is 34.7. The van der Waals surface area contributed by atoms with Gasteiger partial charge in [0.2, 0.25) is 11.8 Å². The maximum absolute atomic E-state index is 14.2. The molecule has 1 fully saturated rings. The normalized spacial score (nSPS) is 14.3. The van der Waals surface area contributed by atoms with Gasteiger partial charge in [-0.2, -0.15) is 0 Å². The summed E-state index contributed by atoms with van der Waals surface area (Å²) in [4.78, 5) is 39.6. The number of nitrogens with one attached hydrogen (secondary N) is 1. The van der Waals surface area contributed by atoms with Gasteiger partial charge in [-0.25, -0.2) is 8.42 Å². The van der Waals surface area contributed by atoms with Crippen LogP contribution >= 0.6 is 11.6 Å². The zero-order chi connectivity index (χ0) is 32.7. The van der Waals surface area contributed by atoms with Crippen LogP contribution in [0.3, 0.4) is 0 Å². The Morgan fingerprint density at radius 3 is 2.40 bits per heavy atom. The Balaban J connectivity index is 1.76. The predicted molar refractivity (Wildman–Crippen MR) is 172 cm³/mol. The van der Waals surface area contributed by atoms with Gasteiger partial charge >= 0.3 is 0 Å². The smallest absolute Gasteiger partial charge is 0.273 e. The molecule has 0 aliphatic heterocycles. The van der Waals surface area contributed by atoms with Gasteiger partial charge in [-0.05, 0) is 56.5 Å². The van der Waals surface area contributed by atoms with Crippen molar-refractivity contribution in [2.24, 2.45) is 0 Å². The second-order valence-corrected chi connectivity index (χ2v) is 13.4. The molecule has 0 bridgehead atoms. The maximum atomic E-state index is 14.2. The minimum absolute atomic E-state index is 0.00676. The topological polar surface area (TPSA) is 139 Å². The molecule has 1 aliphatic carbocycles. The van der Waals surface area contributed by atoms with Gasteiger partial charge in [0.1, 0.15) is 18.3 Å². The van der Waals surface area contributed by atoms with E-state index in [1.807, 2.05) is 30.3 Å². The van der Waals surface area contributed by atoms with Crippen molar-refractivity contribution in [3.8, 4) is 5.75 Å². The molecular formula is C32H37ClN4O7S. The van der Waals surface area contributed by atoms with Crippen LogP contribution in [0.15, 0.2) is 71.6 Å². The van der Waals surface area contributed by atoms with E-state index in [2.05, 4.69) is 5.32 Å². The van der Waals surface area contributed by atoms with Crippen LogP contribution in [0.4, 0.5) is 11.4 Å². The average molecular weight is 657 g/mol. The van der Waals surface area contributed by atoms with Crippen LogP contribution in [0.2, 0.25) is 5.02 Å². The largest absolute Gasteiger partial charge is 0.495 e. The summed E-state index contributed by atoms with van der Waals surface area (Å²) in [6.07, 6.45) is 4.85. The lowest BCUT2D eigenvalue weighted by molar-refractivity contribution is -0.385. The van der Waals surface area contributed by atoms with E-state index in [0.29, 0.717) is 0 Å². The van der Waals surface area contributed by atoms with Gasteiger partial charge in [-0.1, -0.05) is 67.3 Å². The Morgan fingerprint density at radius 2 is 1.76 bits per heavy atom. The van der Waals surface area contributed by atoms with Gasteiger partial charge in [-0.3, -0.25) is 24.0 Å². The second kappa shape index (κ2) is 14.7. The Kier molecular flexibility index (Phi) is 11.1. The fourth-order valence-electron chi connectivity index (χ4n) is 5.38. The molecule has 1 aliphatic rings. The van der Waals surface area contributed by atoms with Crippen molar-refractivity contribution in [2.75, 3.05) is 18.0 Å². The molecule has 0 aromatic heterocycles. The van der Waals surface area contributed by atoms with Crippen LogP contribution in [-0.2, 0) is 26.2 Å². The highest BCUT2D eigenvalue weighted by atomic mass is 35.5. The zero-order valence-corrected chi connectivity index (χ0v) is 27.0. The Bertz CT molecular complexity index is 1650. The van der Waals surface area contributed by atoms with Crippen LogP contribution < -0.4 is 14.4 Å². The van der Waals surface area contributed by atoms with Crippen molar-refractivity contribution in [2.45, 2.75) is 69.5 Å². The summed E-state index contributed by atoms with van der Waals surface area (Å²) in [6, 6.07) is 16.0. The summed E-state index contributed by atoms with van der Waals surface area (Å²) in [7, 11) is -3.26. The number of amides is 2. The molecule has 45 heavy (non-hydrogen) atoms. The van der Waals surface area contributed by atoms with E-state index in [1.165, 1.54) is 49.3 Å². The number of nitro groups is 1. The summed E-state index contributed by atoms with van der Waals surface area (Å²) in [5.74, 6) is -0.900. The standard InChI is InChI=1S/C32H37ClN4O7S/c1-22-14-16-27(19-28(22)37(40)41)45(42,43)36(29-18-25(33)15-17-30(29)44-3)21-31(38)35(20-24-10-6-4-7-11-24)23(2)32(39)34-26-12-8-5-9-13-26/h4,6-7,10-11,14-19,23,26H,5,8-9,12-13,20-21H2,1-3H3,(H,34,39). The average Bonchev–Trinajstić information content (AvgIpc) is 3.02. The van der Waals surface area contributed by atoms with E-state index in [1.54, 1.807) is 6.92 Å². The summed E-state index contributed by atoms with van der Waals surface area (Å²) >= 11 is 6.28. The molecule has 0 heterocycles. The maximum Gasteiger partial charge on any atom is 0.273 e.